The van der Waals surface area contributed by atoms with Crippen LogP contribution in [0.5, 0.6) is 0 Å². The lowest BCUT2D eigenvalue weighted by Crippen LogP contribution is -2.18. The summed E-state index contributed by atoms with van der Waals surface area (Å²) < 4.78 is 6.01. The summed E-state index contributed by atoms with van der Waals surface area (Å²) in [5.41, 5.74) is 1.10. The van der Waals surface area contributed by atoms with Gasteiger partial charge in [-0.2, -0.15) is 0 Å². The fourth-order valence-corrected chi connectivity index (χ4v) is 3.44. The van der Waals surface area contributed by atoms with Gasteiger partial charge in [0.05, 0.1) is 6.61 Å². The molecule has 0 saturated heterocycles. The van der Waals surface area contributed by atoms with Gasteiger partial charge in [0.25, 0.3) is 0 Å². The van der Waals surface area contributed by atoms with Crippen LogP contribution in [0.4, 0.5) is 0 Å². The second-order valence-corrected chi connectivity index (χ2v) is 6.45. The van der Waals surface area contributed by atoms with Gasteiger partial charge >= 0.3 is 0 Å². The van der Waals surface area contributed by atoms with Crippen molar-refractivity contribution in [3.63, 3.8) is 0 Å². The molecular weight excluding hydrogens is 300 g/mol. The maximum absolute atomic E-state index is 6.28. The molecule has 2 aromatic rings. The first kappa shape index (κ1) is 14.8. The highest BCUT2D eigenvalue weighted by Gasteiger charge is 2.04. The summed E-state index contributed by atoms with van der Waals surface area (Å²) in [4.78, 5) is 5.36. The smallest absolute Gasteiger partial charge is 0.154 e. The van der Waals surface area contributed by atoms with E-state index in [0.29, 0.717) is 6.61 Å². The monoisotopic (exact) mass is 314 g/mol. The molecule has 0 radical (unpaired) electrons. The lowest BCUT2D eigenvalue weighted by molar-refractivity contribution is 0.199. The maximum Gasteiger partial charge on any atom is 0.154 e. The Labute approximate surface area is 126 Å². The van der Waals surface area contributed by atoms with Crippen LogP contribution in [0.1, 0.15) is 5.56 Å². The zero-order valence-electron chi connectivity index (χ0n) is 10.6. The number of halogens is 1. The van der Waals surface area contributed by atoms with E-state index in [1.165, 1.54) is 0 Å². The molecule has 0 fully saturated rings. The first-order chi connectivity index (χ1) is 9.29. The topological polar surface area (TPSA) is 34.1 Å². The van der Waals surface area contributed by atoms with Crippen LogP contribution in [0, 0.1) is 0 Å². The first-order valence-electron chi connectivity index (χ1n) is 5.85. The molecule has 0 aliphatic heterocycles. The third-order valence-corrected chi connectivity index (χ3v) is 4.66. The van der Waals surface area contributed by atoms with Gasteiger partial charge in [-0.1, -0.05) is 29.4 Å². The van der Waals surface area contributed by atoms with Gasteiger partial charge in [0.2, 0.25) is 0 Å². The molecule has 0 aliphatic carbocycles. The van der Waals surface area contributed by atoms with Crippen molar-refractivity contribution in [1.82, 2.24) is 10.3 Å². The number of benzene rings is 1. The minimum absolute atomic E-state index is 0.704. The lowest BCUT2D eigenvalue weighted by Gasteiger charge is -2.07. The van der Waals surface area contributed by atoms with E-state index in [1.54, 1.807) is 30.2 Å². The summed E-state index contributed by atoms with van der Waals surface area (Å²) in [5, 5.41) is 6.04. The van der Waals surface area contributed by atoms with Gasteiger partial charge in [0.15, 0.2) is 4.34 Å². The number of hydrogen-bond donors (Lipinski definition) is 1. The molecule has 0 aliphatic rings. The summed E-state index contributed by atoms with van der Waals surface area (Å²) >= 11 is 9.54. The van der Waals surface area contributed by atoms with Crippen molar-refractivity contribution in [1.29, 1.82) is 0 Å². The Balaban J connectivity index is 1.93. The van der Waals surface area contributed by atoms with Crippen molar-refractivity contribution < 1.29 is 4.74 Å². The molecule has 3 nitrogen and oxygen atoms in total. The third-order valence-electron chi connectivity index (χ3n) is 2.44. The SMILES string of the molecule is COCCNCc1ccc(Sc2nccs2)cc1Cl. The molecule has 1 aromatic heterocycles. The average Bonchev–Trinajstić information content (AvgIpc) is 2.90. The van der Waals surface area contributed by atoms with Crippen molar-refractivity contribution in [3.8, 4) is 0 Å². The van der Waals surface area contributed by atoms with Crippen LogP contribution in [0.2, 0.25) is 5.02 Å². The summed E-state index contributed by atoms with van der Waals surface area (Å²) in [6.07, 6.45) is 1.81. The van der Waals surface area contributed by atoms with E-state index in [0.717, 1.165) is 32.9 Å². The highest BCUT2D eigenvalue weighted by atomic mass is 35.5. The molecular formula is C13H15ClN2OS2. The van der Waals surface area contributed by atoms with Crippen molar-refractivity contribution in [2.75, 3.05) is 20.3 Å². The number of ether oxygens (including phenoxy) is 1. The summed E-state index contributed by atoms with van der Waals surface area (Å²) in [7, 11) is 1.69. The molecule has 1 aromatic carbocycles. The van der Waals surface area contributed by atoms with Gasteiger partial charge in [-0.3, -0.25) is 0 Å². The maximum atomic E-state index is 6.28. The third kappa shape index (κ3) is 4.78. The Morgan fingerprint density at radius 2 is 2.37 bits per heavy atom. The van der Waals surface area contributed by atoms with Crippen molar-refractivity contribution in [2.45, 2.75) is 15.8 Å². The Morgan fingerprint density at radius 1 is 1.47 bits per heavy atom. The highest BCUT2D eigenvalue weighted by Crippen LogP contribution is 2.31. The predicted octanol–water partition coefficient (Wildman–Crippen LogP) is 3.68. The number of rotatable bonds is 7. The Hall–Kier alpha value is -0.590. The predicted molar refractivity (Wildman–Crippen MR) is 81.3 cm³/mol. The lowest BCUT2D eigenvalue weighted by atomic mass is 10.2. The van der Waals surface area contributed by atoms with Crippen LogP contribution >= 0.6 is 34.7 Å². The minimum atomic E-state index is 0.704. The molecule has 0 unspecified atom stereocenters. The zero-order valence-corrected chi connectivity index (χ0v) is 12.9. The van der Waals surface area contributed by atoms with Gasteiger partial charge in [0, 0.05) is 41.7 Å². The molecule has 1 N–H and O–H groups in total. The number of methoxy groups -OCH3 is 1. The van der Waals surface area contributed by atoms with Crippen molar-refractivity contribution in [2.24, 2.45) is 0 Å². The first-order valence-corrected chi connectivity index (χ1v) is 7.92. The number of thiazole rings is 1. The summed E-state index contributed by atoms with van der Waals surface area (Å²) in [6, 6.07) is 6.12. The largest absolute Gasteiger partial charge is 0.383 e. The van der Waals surface area contributed by atoms with Crippen LogP contribution < -0.4 is 5.32 Å². The molecule has 102 valence electrons. The van der Waals surface area contributed by atoms with Crippen LogP contribution in [-0.2, 0) is 11.3 Å². The molecule has 2 rings (SSSR count). The molecule has 0 amide bonds. The number of nitrogens with one attached hydrogen (secondary N) is 1. The van der Waals surface area contributed by atoms with Gasteiger partial charge in [-0.05, 0) is 17.7 Å². The highest BCUT2D eigenvalue weighted by molar-refractivity contribution is 8.01. The van der Waals surface area contributed by atoms with Gasteiger partial charge in [-0.25, -0.2) is 4.98 Å². The second kappa shape index (κ2) is 7.87. The molecule has 0 atom stereocenters. The van der Waals surface area contributed by atoms with Crippen molar-refractivity contribution >= 4 is 34.7 Å². The summed E-state index contributed by atoms with van der Waals surface area (Å²) in [5.74, 6) is 0. The van der Waals surface area contributed by atoms with E-state index in [1.807, 2.05) is 17.6 Å². The fraction of sp³-hybridized carbons (Fsp3) is 0.308. The van der Waals surface area contributed by atoms with Crippen LogP contribution in [0.15, 0.2) is 39.0 Å². The molecule has 0 spiro atoms. The second-order valence-electron chi connectivity index (χ2n) is 3.82. The fourth-order valence-electron chi connectivity index (χ4n) is 1.49. The van der Waals surface area contributed by atoms with E-state index in [4.69, 9.17) is 16.3 Å². The molecule has 0 bridgehead atoms. The number of hydrogen-bond acceptors (Lipinski definition) is 5. The van der Waals surface area contributed by atoms with E-state index in [2.05, 4.69) is 22.4 Å². The van der Waals surface area contributed by atoms with E-state index in [9.17, 15) is 0 Å². The van der Waals surface area contributed by atoms with E-state index < -0.39 is 0 Å². The van der Waals surface area contributed by atoms with Crippen LogP contribution in [0.25, 0.3) is 0 Å². The van der Waals surface area contributed by atoms with Gasteiger partial charge in [-0.15, -0.1) is 11.3 Å². The van der Waals surface area contributed by atoms with Crippen molar-refractivity contribution in [3.05, 3.63) is 40.4 Å². The van der Waals surface area contributed by atoms with Crippen LogP contribution in [0.3, 0.4) is 0 Å². The van der Waals surface area contributed by atoms with Crippen LogP contribution in [-0.4, -0.2) is 25.2 Å². The quantitative estimate of drug-likeness (QED) is 0.790. The van der Waals surface area contributed by atoms with Gasteiger partial charge in [0.1, 0.15) is 0 Å². The Kier molecular flexibility index (Phi) is 6.13. The van der Waals surface area contributed by atoms with E-state index >= 15 is 0 Å². The zero-order chi connectivity index (χ0) is 13.5. The summed E-state index contributed by atoms with van der Waals surface area (Å²) in [6.45, 7) is 2.28. The minimum Gasteiger partial charge on any atom is -0.383 e. The molecule has 1 heterocycles. The van der Waals surface area contributed by atoms with Gasteiger partial charge < -0.3 is 10.1 Å². The Bertz CT molecular complexity index is 505. The Morgan fingerprint density at radius 3 is 3.05 bits per heavy atom. The molecule has 6 heteroatoms. The van der Waals surface area contributed by atoms with E-state index in [-0.39, 0.29) is 0 Å². The molecule has 19 heavy (non-hydrogen) atoms. The number of nitrogens with zero attached hydrogens (tertiary/aromatic N) is 1. The standard InChI is InChI=1S/C13H15ClN2OS2/c1-17-6-4-15-9-10-2-3-11(8-12(10)14)19-13-16-5-7-18-13/h2-3,5,7-8,15H,4,6,9H2,1H3. The normalized spacial score (nSPS) is 10.8. The molecule has 0 saturated carbocycles. The number of aromatic nitrogens is 1. The average molecular weight is 315 g/mol.